The number of hydrogen-bond donors (Lipinski definition) is 4. The molecule has 0 saturated heterocycles. The van der Waals surface area contributed by atoms with Crippen molar-refractivity contribution in [3.8, 4) is 5.75 Å². The molecule has 0 aliphatic carbocycles. The number of ether oxygens (including phenoxy) is 1. The Bertz CT molecular complexity index is 1370. The van der Waals surface area contributed by atoms with Gasteiger partial charge in [-0.25, -0.2) is 4.98 Å². The number of anilines is 2. The number of H-pyrrole nitrogens is 2. The van der Waals surface area contributed by atoms with Gasteiger partial charge in [0.05, 0.1) is 7.11 Å². The van der Waals surface area contributed by atoms with Gasteiger partial charge in [0.2, 0.25) is 5.95 Å². The second-order valence-electron chi connectivity index (χ2n) is 7.87. The van der Waals surface area contributed by atoms with Crippen molar-refractivity contribution in [2.24, 2.45) is 0 Å². The standard InChI is InChI=1S/C25H26N6O/c1-16-11-24(29-14-17-3-5-22-18(12-17)7-9-26-22)31-25(30-16)27-10-8-19-15-28-23-6-4-20(32-2)13-21(19)23/h3-7,9,11-13,15,26,28H,8,10,14H2,1-2H3,(H2,27,29,30,31). The molecule has 0 bridgehead atoms. The van der Waals surface area contributed by atoms with E-state index in [9.17, 15) is 0 Å². The van der Waals surface area contributed by atoms with Crippen LogP contribution in [-0.4, -0.2) is 33.6 Å². The van der Waals surface area contributed by atoms with Crippen LogP contribution in [0.15, 0.2) is 60.9 Å². The SMILES string of the molecule is COc1ccc2[nH]cc(CCNc3nc(C)cc(NCc4ccc5[nH]ccc5c4)n3)c2c1. The Hall–Kier alpha value is -4.00. The minimum Gasteiger partial charge on any atom is -0.497 e. The van der Waals surface area contributed by atoms with E-state index in [1.165, 1.54) is 21.9 Å². The van der Waals surface area contributed by atoms with Crippen molar-refractivity contribution < 1.29 is 4.74 Å². The van der Waals surface area contributed by atoms with Crippen molar-refractivity contribution in [1.82, 2.24) is 19.9 Å². The Balaban J connectivity index is 1.23. The monoisotopic (exact) mass is 426 g/mol. The number of fused-ring (bicyclic) bond motifs is 2. The lowest BCUT2D eigenvalue weighted by atomic mass is 10.1. The molecule has 0 radical (unpaired) electrons. The third-order valence-corrected chi connectivity index (χ3v) is 5.60. The summed E-state index contributed by atoms with van der Waals surface area (Å²) in [6.45, 7) is 3.42. The predicted molar refractivity (Wildman–Crippen MR) is 129 cm³/mol. The van der Waals surface area contributed by atoms with Crippen LogP contribution in [0, 0.1) is 6.92 Å². The van der Waals surface area contributed by atoms with E-state index in [2.05, 4.69) is 67.1 Å². The predicted octanol–water partition coefficient (Wildman–Crippen LogP) is 5.02. The molecule has 5 rings (SSSR count). The van der Waals surface area contributed by atoms with E-state index in [-0.39, 0.29) is 0 Å². The van der Waals surface area contributed by atoms with Crippen LogP contribution in [0.5, 0.6) is 5.75 Å². The van der Waals surface area contributed by atoms with E-state index in [1.54, 1.807) is 7.11 Å². The molecule has 0 amide bonds. The van der Waals surface area contributed by atoms with Crippen molar-refractivity contribution in [1.29, 1.82) is 0 Å². The minimum atomic E-state index is 0.631. The number of hydrogen-bond acceptors (Lipinski definition) is 5. The zero-order chi connectivity index (χ0) is 21.9. The lowest BCUT2D eigenvalue weighted by molar-refractivity contribution is 0.415. The van der Waals surface area contributed by atoms with E-state index < -0.39 is 0 Å². The van der Waals surface area contributed by atoms with Gasteiger partial charge in [0.25, 0.3) is 0 Å². The van der Waals surface area contributed by atoms with Gasteiger partial charge in [-0.3, -0.25) is 0 Å². The zero-order valence-corrected chi connectivity index (χ0v) is 18.2. The molecule has 7 nitrogen and oxygen atoms in total. The largest absolute Gasteiger partial charge is 0.497 e. The molecule has 0 saturated carbocycles. The third kappa shape index (κ3) is 4.23. The summed E-state index contributed by atoms with van der Waals surface area (Å²) < 4.78 is 5.36. The first kappa shape index (κ1) is 19.9. The number of nitrogens with one attached hydrogen (secondary N) is 4. The number of nitrogens with zero attached hydrogens (tertiary/aromatic N) is 2. The second kappa shape index (κ2) is 8.63. The molecular formula is C25H26N6O. The van der Waals surface area contributed by atoms with Gasteiger partial charge in [-0.15, -0.1) is 0 Å². The van der Waals surface area contributed by atoms with Crippen molar-refractivity contribution in [3.05, 3.63) is 77.7 Å². The van der Waals surface area contributed by atoms with Gasteiger partial charge in [0, 0.05) is 53.7 Å². The maximum absolute atomic E-state index is 5.36. The average molecular weight is 427 g/mol. The van der Waals surface area contributed by atoms with Crippen molar-refractivity contribution in [2.75, 3.05) is 24.3 Å². The van der Waals surface area contributed by atoms with Crippen LogP contribution in [-0.2, 0) is 13.0 Å². The average Bonchev–Trinajstić information content (AvgIpc) is 3.43. The van der Waals surface area contributed by atoms with Crippen LogP contribution < -0.4 is 15.4 Å². The highest BCUT2D eigenvalue weighted by Gasteiger charge is 2.07. The molecule has 0 fully saturated rings. The highest BCUT2D eigenvalue weighted by Crippen LogP contribution is 2.24. The molecule has 0 spiro atoms. The highest BCUT2D eigenvalue weighted by atomic mass is 16.5. The van der Waals surface area contributed by atoms with Crippen molar-refractivity contribution in [2.45, 2.75) is 19.9 Å². The van der Waals surface area contributed by atoms with Gasteiger partial charge in [0.1, 0.15) is 11.6 Å². The van der Waals surface area contributed by atoms with Crippen molar-refractivity contribution >= 4 is 33.6 Å². The Kier molecular flexibility index (Phi) is 5.37. The van der Waals surface area contributed by atoms with Gasteiger partial charge >= 0.3 is 0 Å². The number of aromatic nitrogens is 4. The molecule has 3 heterocycles. The molecule has 0 aliphatic rings. The number of aromatic amines is 2. The first-order chi connectivity index (χ1) is 15.7. The molecule has 2 aromatic carbocycles. The fourth-order valence-corrected chi connectivity index (χ4v) is 3.94. The molecule has 0 aliphatic heterocycles. The summed E-state index contributed by atoms with van der Waals surface area (Å²) in [6, 6.07) is 16.5. The Morgan fingerprint density at radius 2 is 1.84 bits per heavy atom. The lowest BCUT2D eigenvalue weighted by Crippen LogP contribution is -2.10. The maximum Gasteiger partial charge on any atom is 0.224 e. The van der Waals surface area contributed by atoms with Crippen LogP contribution in [0.4, 0.5) is 11.8 Å². The zero-order valence-electron chi connectivity index (χ0n) is 18.2. The lowest BCUT2D eigenvalue weighted by Gasteiger charge is -2.10. The minimum absolute atomic E-state index is 0.631. The molecule has 32 heavy (non-hydrogen) atoms. The van der Waals surface area contributed by atoms with E-state index in [4.69, 9.17) is 4.74 Å². The van der Waals surface area contributed by atoms with Crippen LogP contribution >= 0.6 is 0 Å². The quantitative estimate of drug-likeness (QED) is 0.280. The van der Waals surface area contributed by atoms with Crippen LogP contribution in [0.3, 0.4) is 0 Å². The number of methoxy groups -OCH3 is 1. The number of aryl methyl sites for hydroxylation is 1. The smallest absolute Gasteiger partial charge is 0.224 e. The molecule has 0 unspecified atom stereocenters. The molecule has 3 aromatic heterocycles. The third-order valence-electron chi connectivity index (χ3n) is 5.60. The topological polar surface area (TPSA) is 90.6 Å². The maximum atomic E-state index is 5.36. The van der Waals surface area contributed by atoms with Gasteiger partial charge in [-0.1, -0.05) is 6.07 Å². The summed E-state index contributed by atoms with van der Waals surface area (Å²) >= 11 is 0. The van der Waals surface area contributed by atoms with Crippen LogP contribution in [0.25, 0.3) is 21.8 Å². The van der Waals surface area contributed by atoms with Gasteiger partial charge < -0.3 is 25.3 Å². The molecule has 0 atom stereocenters. The first-order valence-corrected chi connectivity index (χ1v) is 10.7. The molecule has 7 heteroatoms. The summed E-state index contributed by atoms with van der Waals surface area (Å²) in [5.41, 5.74) is 5.61. The summed E-state index contributed by atoms with van der Waals surface area (Å²) in [4.78, 5) is 15.7. The van der Waals surface area contributed by atoms with Gasteiger partial charge in [-0.2, -0.15) is 4.98 Å². The first-order valence-electron chi connectivity index (χ1n) is 10.7. The van der Waals surface area contributed by atoms with Crippen LogP contribution in [0.1, 0.15) is 16.8 Å². The van der Waals surface area contributed by atoms with Crippen LogP contribution in [0.2, 0.25) is 0 Å². The highest BCUT2D eigenvalue weighted by molar-refractivity contribution is 5.84. The Labute approximate surface area is 186 Å². The summed E-state index contributed by atoms with van der Waals surface area (Å²) in [5, 5.41) is 9.17. The van der Waals surface area contributed by atoms with E-state index >= 15 is 0 Å². The Morgan fingerprint density at radius 3 is 2.75 bits per heavy atom. The summed E-state index contributed by atoms with van der Waals surface area (Å²) in [5.74, 6) is 2.30. The molecular weight excluding hydrogens is 400 g/mol. The Morgan fingerprint density at radius 1 is 0.938 bits per heavy atom. The van der Waals surface area contributed by atoms with Gasteiger partial charge in [0.15, 0.2) is 0 Å². The fraction of sp³-hybridized carbons (Fsp3) is 0.200. The normalized spacial score (nSPS) is 11.2. The second-order valence-corrected chi connectivity index (χ2v) is 7.87. The fourth-order valence-electron chi connectivity index (χ4n) is 3.94. The van der Waals surface area contributed by atoms with Crippen molar-refractivity contribution in [3.63, 3.8) is 0 Å². The van der Waals surface area contributed by atoms with E-state index in [0.717, 1.165) is 41.3 Å². The number of benzene rings is 2. The molecule has 4 N–H and O–H groups in total. The molecule has 5 aromatic rings. The summed E-state index contributed by atoms with van der Waals surface area (Å²) in [7, 11) is 1.69. The molecule has 162 valence electrons. The van der Waals surface area contributed by atoms with Gasteiger partial charge in [-0.05, 0) is 66.3 Å². The summed E-state index contributed by atoms with van der Waals surface area (Å²) in [6.07, 6.45) is 4.86. The van der Waals surface area contributed by atoms with E-state index in [0.29, 0.717) is 12.5 Å². The number of rotatable bonds is 8. The van der Waals surface area contributed by atoms with E-state index in [1.807, 2.05) is 31.3 Å².